The molecule has 0 radical (unpaired) electrons. The van der Waals surface area contributed by atoms with E-state index >= 15 is 0 Å². The van der Waals surface area contributed by atoms with E-state index in [4.69, 9.17) is 4.74 Å². The molecule has 0 unspecified atom stereocenters. The Morgan fingerprint density at radius 2 is 1.87 bits per heavy atom. The van der Waals surface area contributed by atoms with E-state index in [2.05, 4.69) is 42.1 Å². The van der Waals surface area contributed by atoms with Crippen LogP contribution in [-0.2, 0) is 22.3 Å². The molecular formula is C25H25BrF3N5O4. The van der Waals surface area contributed by atoms with Crippen LogP contribution in [0.4, 0.5) is 24.5 Å². The van der Waals surface area contributed by atoms with Crippen LogP contribution in [0, 0.1) is 0 Å². The van der Waals surface area contributed by atoms with Crippen LogP contribution in [0.3, 0.4) is 0 Å². The quantitative estimate of drug-likeness (QED) is 0.325. The van der Waals surface area contributed by atoms with Crippen molar-refractivity contribution >= 4 is 39.1 Å². The first-order valence-electron chi connectivity index (χ1n) is 11.0. The maximum absolute atomic E-state index is 13.4. The van der Waals surface area contributed by atoms with Gasteiger partial charge in [0.1, 0.15) is 5.54 Å². The van der Waals surface area contributed by atoms with Crippen molar-refractivity contribution in [3.05, 3.63) is 86.2 Å². The van der Waals surface area contributed by atoms with Gasteiger partial charge in [-0.15, -0.1) is 0 Å². The Labute approximate surface area is 224 Å². The predicted octanol–water partition coefficient (Wildman–Crippen LogP) is 4.14. The van der Waals surface area contributed by atoms with Gasteiger partial charge in [-0.25, -0.2) is 5.10 Å². The zero-order valence-corrected chi connectivity index (χ0v) is 20.7. The summed E-state index contributed by atoms with van der Waals surface area (Å²) in [5, 5.41) is 13.9. The Balaban J connectivity index is 0.00000400. The largest absolute Gasteiger partial charge is 0.418 e. The number of carbonyl (C=O) groups is 2. The Hall–Kier alpha value is -3.71. The van der Waals surface area contributed by atoms with Gasteiger partial charge in [-0.05, 0) is 35.9 Å². The lowest BCUT2D eigenvalue weighted by atomic mass is 9.96. The minimum absolute atomic E-state index is 0. The molecule has 0 spiro atoms. The average molecular weight is 596 g/mol. The number of ether oxygens (including phenoxy) is 1. The molecule has 0 bridgehead atoms. The highest BCUT2D eigenvalue weighted by Crippen LogP contribution is 2.37. The van der Waals surface area contributed by atoms with Crippen LogP contribution < -0.4 is 21.5 Å². The number of rotatable bonds is 7. The first-order chi connectivity index (χ1) is 17.6. The van der Waals surface area contributed by atoms with Gasteiger partial charge in [-0.1, -0.05) is 35.5 Å². The smallest absolute Gasteiger partial charge is 0.378 e. The van der Waals surface area contributed by atoms with Gasteiger partial charge in [-0.2, -0.15) is 18.3 Å². The third kappa shape index (κ3) is 6.78. The van der Waals surface area contributed by atoms with Gasteiger partial charge >= 0.3 is 6.18 Å². The van der Waals surface area contributed by atoms with Crippen LogP contribution in [0.2, 0.25) is 0 Å². The number of alkyl halides is 3. The Kier molecular flexibility index (Phi) is 8.94. The van der Waals surface area contributed by atoms with Gasteiger partial charge in [0.05, 0.1) is 29.6 Å². The lowest BCUT2D eigenvalue weighted by Gasteiger charge is -2.27. The van der Waals surface area contributed by atoms with Crippen molar-refractivity contribution in [2.24, 2.45) is 0 Å². The molecule has 38 heavy (non-hydrogen) atoms. The summed E-state index contributed by atoms with van der Waals surface area (Å²) in [6.45, 7) is 0.325. The van der Waals surface area contributed by atoms with Gasteiger partial charge < -0.3 is 20.7 Å². The topological polar surface area (TPSA) is 125 Å². The third-order valence-corrected chi connectivity index (χ3v) is 6.20. The molecule has 1 aliphatic rings. The number of H-pyrrole nitrogens is 1. The standard InChI is InChI=1S/C24H21BrF3N5O4.CH4/c25-16-3-6-19(18(10-16)24(26,27)28)31-17-4-1-14(2-5-17)11-29-22(36)23(7-8-37-13-23)32-21(35)15-9-20(34)33-30-12-15;/h1-6,9-10,12,31H,7-8,11,13H2,(H,29,36)(H,32,35)(H,33,34);1H4/t23-;/m0./s1. The van der Waals surface area contributed by atoms with E-state index in [9.17, 15) is 27.6 Å². The Morgan fingerprint density at radius 1 is 1.13 bits per heavy atom. The van der Waals surface area contributed by atoms with E-state index in [0.29, 0.717) is 15.7 Å². The van der Waals surface area contributed by atoms with Gasteiger partial charge in [0.15, 0.2) is 0 Å². The molecule has 2 heterocycles. The number of nitrogens with zero attached hydrogens (tertiary/aromatic N) is 1. The highest BCUT2D eigenvalue weighted by Gasteiger charge is 2.43. The SMILES string of the molecule is C.O=C(N[C@@]1(C(=O)NCc2ccc(Nc3ccc(Br)cc3C(F)(F)F)cc2)CCOC1)c1cn[nH]c(=O)c1. The summed E-state index contributed by atoms with van der Waals surface area (Å²) < 4.78 is 45.8. The fourth-order valence-electron chi connectivity index (χ4n) is 3.76. The molecule has 202 valence electrons. The van der Waals surface area contributed by atoms with Crippen molar-refractivity contribution in [3.8, 4) is 0 Å². The zero-order chi connectivity index (χ0) is 26.6. The molecular weight excluding hydrogens is 571 g/mol. The molecule has 9 nitrogen and oxygen atoms in total. The van der Waals surface area contributed by atoms with Crippen LogP contribution in [0.25, 0.3) is 0 Å². The highest BCUT2D eigenvalue weighted by molar-refractivity contribution is 9.10. The monoisotopic (exact) mass is 595 g/mol. The van der Waals surface area contributed by atoms with Crippen molar-refractivity contribution in [1.29, 1.82) is 0 Å². The summed E-state index contributed by atoms with van der Waals surface area (Å²) in [5.41, 5.74) is -1.65. The number of aromatic nitrogens is 2. The fraction of sp³-hybridized carbons (Fsp3) is 0.280. The number of halogens is 4. The van der Waals surface area contributed by atoms with Gasteiger partial charge in [0.25, 0.3) is 11.5 Å². The number of nitrogens with one attached hydrogen (secondary N) is 4. The number of hydrogen-bond donors (Lipinski definition) is 4. The van der Waals surface area contributed by atoms with E-state index < -0.39 is 34.7 Å². The minimum Gasteiger partial charge on any atom is -0.378 e. The number of carbonyl (C=O) groups excluding carboxylic acids is 2. The molecule has 4 N–H and O–H groups in total. The molecule has 1 saturated heterocycles. The van der Waals surface area contributed by atoms with E-state index in [1.807, 2.05) is 0 Å². The number of aromatic amines is 1. The molecule has 1 aliphatic heterocycles. The molecule has 3 aromatic rings. The summed E-state index contributed by atoms with van der Waals surface area (Å²) in [6, 6.07) is 11.4. The van der Waals surface area contributed by atoms with Crippen LogP contribution in [0.1, 0.15) is 35.3 Å². The van der Waals surface area contributed by atoms with Gasteiger partial charge in [-0.3, -0.25) is 14.4 Å². The molecule has 1 atom stereocenters. The second-order valence-electron chi connectivity index (χ2n) is 8.37. The molecule has 1 fully saturated rings. The number of anilines is 2. The molecule has 2 amide bonds. The maximum atomic E-state index is 13.4. The van der Waals surface area contributed by atoms with Crippen molar-refractivity contribution < 1.29 is 27.5 Å². The van der Waals surface area contributed by atoms with E-state index in [-0.39, 0.29) is 44.9 Å². The maximum Gasteiger partial charge on any atom is 0.418 e. The molecule has 1 aromatic heterocycles. The molecule has 0 saturated carbocycles. The lowest BCUT2D eigenvalue weighted by molar-refractivity contribution is -0.137. The minimum atomic E-state index is -4.53. The van der Waals surface area contributed by atoms with Crippen molar-refractivity contribution in [3.63, 3.8) is 0 Å². The normalized spacial score (nSPS) is 16.8. The number of hydrogen-bond acceptors (Lipinski definition) is 6. The van der Waals surface area contributed by atoms with Crippen LogP contribution in [-0.4, -0.2) is 40.8 Å². The van der Waals surface area contributed by atoms with Gasteiger partial charge in [0.2, 0.25) is 5.91 Å². The summed E-state index contributed by atoms with van der Waals surface area (Å²) in [6.07, 6.45) is -3.11. The summed E-state index contributed by atoms with van der Waals surface area (Å²) in [4.78, 5) is 37.1. The van der Waals surface area contributed by atoms with E-state index in [1.54, 1.807) is 24.3 Å². The first-order valence-corrected chi connectivity index (χ1v) is 11.8. The van der Waals surface area contributed by atoms with Crippen molar-refractivity contribution in [2.75, 3.05) is 18.5 Å². The third-order valence-electron chi connectivity index (χ3n) is 5.71. The van der Waals surface area contributed by atoms with Crippen molar-refractivity contribution in [2.45, 2.75) is 32.1 Å². The van der Waals surface area contributed by atoms with Crippen LogP contribution >= 0.6 is 15.9 Å². The average Bonchev–Trinajstić information content (AvgIpc) is 3.33. The summed E-state index contributed by atoms with van der Waals surface area (Å²) in [7, 11) is 0. The summed E-state index contributed by atoms with van der Waals surface area (Å²) >= 11 is 3.06. The molecule has 4 rings (SSSR count). The zero-order valence-electron chi connectivity index (χ0n) is 19.1. The first kappa shape index (κ1) is 28.9. The highest BCUT2D eigenvalue weighted by atomic mass is 79.9. The number of amides is 2. The number of benzene rings is 2. The Bertz CT molecular complexity index is 1360. The second-order valence-corrected chi connectivity index (χ2v) is 9.28. The van der Waals surface area contributed by atoms with Crippen LogP contribution in [0.5, 0.6) is 0 Å². The second kappa shape index (κ2) is 11.8. The fourth-order valence-corrected chi connectivity index (χ4v) is 4.12. The molecule has 13 heteroatoms. The van der Waals surface area contributed by atoms with Gasteiger partial charge in [0, 0.05) is 35.8 Å². The molecule has 0 aliphatic carbocycles. The lowest BCUT2D eigenvalue weighted by Crippen LogP contribution is -2.59. The van der Waals surface area contributed by atoms with Crippen molar-refractivity contribution in [1.82, 2.24) is 20.8 Å². The van der Waals surface area contributed by atoms with E-state index in [0.717, 1.165) is 12.1 Å². The van der Waals surface area contributed by atoms with Crippen LogP contribution in [0.15, 0.2) is 64.0 Å². The molecule has 2 aromatic carbocycles. The predicted molar refractivity (Wildman–Crippen MR) is 138 cm³/mol. The Morgan fingerprint density at radius 3 is 2.50 bits per heavy atom. The summed E-state index contributed by atoms with van der Waals surface area (Å²) in [5.74, 6) is -1.11. The van der Waals surface area contributed by atoms with E-state index in [1.165, 1.54) is 18.3 Å².